The number of methoxy groups -OCH3 is 1. The summed E-state index contributed by atoms with van der Waals surface area (Å²) >= 11 is 1.53. The molecule has 1 aliphatic rings. The first-order valence-corrected chi connectivity index (χ1v) is 13.3. The highest BCUT2D eigenvalue weighted by Crippen LogP contribution is 2.49. The number of aryl methyl sites for hydroxylation is 1. The molecule has 2 heterocycles. The number of hydrogen-bond acceptors (Lipinski definition) is 5. The SMILES string of the molecule is COCCNC(=O)CN1C(=O)CSC(c2ccccc2C)c2c(C(C)(C)C)nn(-c3cccc(F)c3)c21. The van der Waals surface area contributed by atoms with Crippen LogP contribution in [0.4, 0.5) is 10.2 Å². The predicted molar refractivity (Wildman–Crippen MR) is 145 cm³/mol. The number of ether oxygens (including phenoxy) is 1. The third kappa shape index (κ3) is 5.72. The second-order valence-electron chi connectivity index (χ2n) is 10.1. The van der Waals surface area contributed by atoms with Crippen molar-refractivity contribution < 1.29 is 18.7 Å². The number of carbonyl (C=O) groups excluding carboxylic acids is 2. The molecule has 3 aromatic rings. The van der Waals surface area contributed by atoms with Gasteiger partial charge in [0.05, 0.1) is 29.0 Å². The van der Waals surface area contributed by atoms with Gasteiger partial charge in [-0.25, -0.2) is 9.07 Å². The quantitative estimate of drug-likeness (QED) is 0.459. The van der Waals surface area contributed by atoms with Crippen molar-refractivity contribution in [2.75, 3.05) is 37.5 Å². The van der Waals surface area contributed by atoms with Crippen LogP contribution in [0.3, 0.4) is 0 Å². The lowest BCUT2D eigenvalue weighted by Crippen LogP contribution is -2.43. The van der Waals surface area contributed by atoms with Gasteiger partial charge in [0.25, 0.3) is 0 Å². The van der Waals surface area contributed by atoms with Crippen LogP contribution in [0.25, 0.3) is 5.69 Å². The van der Waals surface area contributed by atoms with Crippen LogP contribution in [0.15, 0.2) is 48.5 Å². The molecule has 0 radical (unpaired) electrons. The van der Waals surface area contributed by atoms with Crippen LogP contribution in [0, 0.1) is 12.7 Å². The fourth-order valence-electron chi connectivity index (χ4n) is 4.48. The second-order valence-corrected chi connectivity index (χ2v) is 11.2. The van der Waals surface area contributed by atoms with E-state index in [9.17, 15) is 14.0 Å². The highest BCUT2D eigenvalue weighted by molar-refractivity contribution is 8.00. The summed E-state index contributed by atoms with van der Waals surface area (Å²) in [7, 11) is 1.56. The van der Waals surface area contributed by atoms with E-state index in [4.69, 9.17) is 9.84 Å². The fourth-order valence-corrected chi connectivity index (χ4v) is 5.77. The van der Waals surface area contributed by atoms with Gasteiger partial charge in [0.15, 0.2) is 0 Å². The lowest BCUT2D eigenvalue weighted by atomic mass is 9.86. The number of halogens is 1. The molecule has 0 saturated carbocycles. The van der Waals surface area contributed by atoms with Gasteiger partial charge < -0.3 is 10.1 Å². The number of thioether (sulfide) groups is 1. The Kier molecular flexibility index (Phi) is 8.04. The Morgan fingerprint density at radius 3 is 2.65 bits per heavy atom. The number of carbonyl (C=O) groups is 2. The Bertz CT molecular complexity index is 1300. The van der Waals surface area contributed by atoms with E-state index in [1.165, 1.54) is 28.8 Å². The van der Waals surface area contributed by atoms with Gasteiger partial charge in [0.2, 0.25) is 11.8 Å². The van der Waals surface area contributed by atoms with Crippen LogP contribution >= 0.6 is 11.8 Å². The Hall–Kier alpha value is -3.17. The minimum absolute atomic E-state index is 0.179. The van der Waals surface area contributed by atoms with Gasteiger partial charge in [-0.15, -0.1) is 11.8 Å². The fraction of sp³-hybridized carbons (Fsp3) is 0.393. The topological polar surface area (TPSA) is 76.5 Å². The third-order valence-electron chi connectivity index (χ3n) is 6.25. The smallest absolute Gasteiger partial charge is 0.240 e. The molecule has 0 aliphatic carbocycles. The number of rotatable bonds is 7. The second kappa shape index (κ2) is 11.1. The number of amides is 2. The Morgan fingerprint density at radius 2 is 1.97 bits per heavy atom. The Morgan fingerprint density at radius 1 is 1.22 bits per heavy atom. The summed E-state index contributed by atoms with van der Waals surface area (Å²) in [6.45, 7) is 8.78. The minimum Gasteiger partial charge on any atom is -0.383 e. The number of benzene rings is 2. The van der Waals surface area contributed by atoms with Crippen LogP contribution in [0.1, 0.15) is 48.4 Å². The van der Waals surface area contributed by atoms with E-state index in [1.54, 1.807) is 23.9 Å². The molecule has 0 fully saturated rings. The zero-order valence-corrected chi connectivity index (χ0v) is 22.7. The Balaban J connectivity index is 1.97. The average molecular weight is 525 g/mol. The molecule has 0 bridgehead atoms. The molecule has 9 heteroatoms. The van der Waals surface area contributed by atoms with Gasteiger partial charge in [-0.2, -0.15) is 5.10 Å². The molecular weight excluding hydrogens is 491 g/mol. The molecule has 4 rings (SSSR count). The van der Waals surface area contributed by atoms with Gasteiger partial charge >= 0.3 is 0 Å². The summed E-state index contributed by atoms with van der Waals surface area (Å²) in [6.07, 6.45) is 0. The van der Waals surface area contributed by atoms with Crippen LogP contribution in [0.2, 0.25) is 0 Å². The maximum Gasteiger partial charge on any atom is 0.240 e. The van der Waals surface area contributed by atoms with Gasteiger partial charge in [-0.1, -0.05) is 51.1 Å². The minimum atomic E-state index is -0.410. The Labute approximate surface area is 221 Å². The molecule has 37 heavy (non-hydrogen) atoms. The zero-order valence-electron chi connectivity index (χ0n) is 21.9. The van der Waals surface area contributed by atoms with Crippen molar-refractivity contribution in [3.63, 3.8) is 0 Å². The summed E-state index contributed by atoms with van der Waals surface area (Å²) < 4.78 is 21.0. The summed E-state index contributed by atoms with van der Waals surface area (Å²) in [5.41, 5.74) is 3.95. The van der Waals surface area contributed by atoms with Crippen molar-refractivity contribution in [1.29, 1.82) is 0 Å². The van der Waals surface area contributed by atoms with Crippen LogP contribution in [-0.4, -0.2) is 54.2 Å². The normalized spacial score (nSPS) is 15.9. The zero-order chi connectivity index (χ0) is 26.7. The van der Waals surface area contributed by atoms with E-state index in [0.29, 0.717) is 24.7 Å². The number of nitrogens with one attached hydrogen (secondary N) is 1. The molecule has 0 spiro atoms. The summed E-state index contributed by atoms with van der Waals surface area (Å²) in [4.78, 5) is 28.0. The van der Waals surface area contributed by atoms with Gasteiger partial charge in [0.1, 0.15) is 18.2 Å². The third-order valence-corrected chi connectivity index (χ3v) is 7.49. The van der Waals surface area contributed by atoms with Gasteiger partial charge in [-0.05, 0) is 36.2 Å². The summed E-state index contributed by atoms with van der Waals surface area (Å²) in [5, 5.41) is 7.59. The van der Waals surface area contributed by atoms with Crippen LogP contribution in [0.5, 0.6) is 0 Å². The van der Waals surface area contributed by atoms with Crippen molar-refractivity contribution in [1.82, 2.24) is 15.1 Å². The maximum atomic E-state index is 14.4. The average Bonchev–Trinajstić information content (AvgIpc) is 3.19. The summed E-state index contributed by atoms with van der Waals surface area (Å²) in [5.74, 6) is -0.234. The number of aromatic nitrogens is 2. The van der Waals surface area contributed by atoms with E-state index in [2.05, 4.69) is 45.1 Å². The lowest BCUT2D eigenvalue weighted by Gasteiger charge is -2.25. The van der Waals surface area contributed by atoms with Crippen molar-refractivity contribution in [3.8, 4) is 5.69 Å². The van der Waals surface area contributed by atoms with Gasteiger partial charge in [-0.3, -0.25) is 14.5 Å². The molecule has 1 aliphatic heterocycles. The number of hydrogen-bond donors (Lipinski definition) is 1. The highest BCUT2D eigenvalue weighted by atomic mass is 32.2. The molecule has 1 atom stereocenters. The molecule has 196 valence electrons. The molecule has 2 aromatic carbocycles. The number of anilines is 1. The van der Waals surface area contributed by atoms with Crippen LogP contribution in [-0.2, 0) is 19.7 Å². The molecular formula is C28H33FN4O3S. The van der Waals surface area contributed by atoms with Crippen LogP contribution < -0.4 is 10.2 Å². The maximum absolute atomic E-state index is 14.4. The highest BCUT2D eigenvalue weighted by Gasteiger charge is 2.40. The number of fused-ring (bicyclic) bond motifs is 1. The van der Waals surface area contributed by atoms with Crippen molar-refractivity contribution >= 4 is 29.4 Å². The molecule has 1 unspecified atom stereocenters. The van der Waals surface area contributed by atoms with E-state index in [1.807, 2.05) is 12.1 Å². The molecule has 0 saturated heterocycles. The monoisotopic (exact) mass is 524 g/mol. The first-order chi connectivity index (χ1) is 17.6. The number of nitrogens with zero attached hydrogens (tertiary/aromatic N) is 3. The standard InChI is InChI=1S/C28H33FN4O3S/c1-18-9-6-7-12-21(18)25-24-26(28(2,3)4)31-33(20-11-8-10-19(29)15-20)27(24)32(23(35)17-37-25)16-22(34)30-13-14-36-5/h6-12,15,25H,13-14,16-17H2,1-5H3,(H,30,34). The predicted octanol–water partition coefficient (Wildman–Crippen LogP) is 4.55. The molecule has 1 N–H and O–H groups in total. The molecule has 7 nitrogen and oxygen atoms in total. The van der Waals surface area contributed by atoms with Crippen molar-refractivity contribution in [3.05, 3.63) is 76.7 Å². The largest absolute Gasteiger partial charge is 0.383 e. The molecule has 2 amide bonds. The molecule has 1 aromatic heterocycles. The van der Waals surface area contributed by atoms with Gasteiger partial charge in [0, 0.05) is 24.6 Å². The van der Waals surface area contributed by atoms with E-state index >= 15 is 0 Å². The summed E-state index contributed by atoms with van der Waals surface area (Å²) in [6, 6.07) is 14.2. The van der Waals surface area contributed by atoms with E-state index in [-0.39, 0.29) is 34.8 Å². The van der Waals surface area contributed by atoms with E-state index in [0.717, 1.165) is 22.4 Å². The van der Waals surface area contributed by atoms with Crippen molar-refractivity contribution in [2.45, 2.75) is 38.4 Å². The van der Waals surface area contributed by atoms with E-state index < -0.39 is 5.82 Å². The lowest BCUT2D eigenvalue weighted by molar-refractivity contribution is -0.123. The first-order valence-electron chi connectivity index (χ1n) is 12.2. The first kappa shape index (κ1) is 26.9. The van der Waals surface area contributed by atoms with Crippen molar-refractivity contribution in [2.24, 2.45) is 0 Å².